The lowest BCUT2D eigenvalue weighted by Gasteiger charge is -2.38. The van der Waals surface area contributed by atoms with Gasteiger partial charge in [0.1, 0.15) is 0 Å². The monoisotopic (exact) mass is 429 g/mol. The Bertz CT molecular complexity index is 133. The van der Waals surface area contributed by atoms with E-state index in [9.17, 15) is 0 Å². The van der Waals surface area contributed by atoms with Gasteiger partial charge in [-0.1, -0.05) is 32.3 Å². The minimum absolute atomic E-state index is 0.582. The van der Waals surface area contributed by atoms with Crippen molar-refractivity contribution in [2.75, 3.05) is 19.3 Å². The summed E-state index contributed by atoms with van der Waals surface area (Å²) in [4.78, 5) is 0. The molecule has 0 atom stereocenters. The van der Waals surface area contributed by atoms with Crippen LogP contribution in [-0.2, 0) is 0 Å². The van der Waals surface area contributed by atoms with Gasteiger partial charge in [0.25, 0.3) is 0 Å². The van der Waals surface area contributed by atoms with Gasteiger partial charge in [-0.05, 0) is 60.5 Å². The fraction of sp³-hybridized carbons (Fsp3) is 1.00. The molecule has 0 aliphatic carbocycles. The maximum atomic E-state index is 2.64. The number of halogens is 2. The summed E-state index contributed by atoms with van der Waals surface area (Å²) < 4.78 is 2.06. The average Bonchev–Trinajstić information content (AvgIpc) is 1.81. The van der Waals surface area contributed by atoms with Crippen molar-refractivity contribution in [2.24, 2.45) is 11.8 Å². The van der Waals surface area contributed by atoms with E-state index in [4.69, 9.17) is 0 Å². The zero-order valence-electron chi connectivity index (χ0n) is 9.18. The van der Waals surface area contributed by atoms with Crippen LogP contribution in [0.4, 0.5) is 0 Å². The molecule has 4 heteroatoms. The molecule has 0 unspecified atom stereocenters. The highest BCUT2D eigenvalue weighted by atomic mass is 127. The van der Waals surface area contributed by atoms with Gasteiger partial charge < -0.3 is 0 Å². The first-order chi connectivity index (χ1) is 5.73. The molecule has 0 aliphatic heterocycles. The molecule has 82 valence electrons. The lowest BCUT2D eigenvalue weighted by Crippen LogP contribution is -2.29. The Hall–Kier alpha value is 1.77. The maximum Gasteiger partial charge on any atom is 0.0111 e. The molecule has 0 heterocycles. The highest BCUT2D eigenvalue weighted by molar-refractivity contribution is 14.3. The Morgan fingerprint density at radius 3 is 1.46 bits per heavy atom. The fourth-order valence-corrected chi connectivity index (χ4v) is 4.20. The molecule has 1 nitrogen and oxygen atoms in total. The van der Waals surface area contributed by atoms with Crippen molar-refractivity contribution in [2.45, 2.75) is 27.7 Å². The van der Waals surface area contributed by atoms with Crippen molar-refractivity contribution in [3.63, 3.8) is 0 Å². The molecule has 0 N–H and O–H groups in total. The van der Waals surface area contributed by atoms with Gasteiger partial charge >= 0.3 is 0 Å². The van der Waals surface area contributed by atoms with Crippen molar-refractivity contribution >= 4 is 47.0 Å². The zero-order chi connectivity index (χ0) is 10.6. The first-order valence-corrected chi connectivity index (χ1v) is 11.7. The molecular weight excluding hydrogens is 408 g/mol. The summed E-state index contributed by atoms with van der Waals surface area (Å²) >= 11 is 5.20. The average molecular weight is 429 g/mol. The van der Waals surface area contributed by atoms with Gasteiger partial charge in [-0.15, -0.1) is 0 Å². The minimum Gasteiger partial charge on any atom is -0.251 e. The zero-order valence-corrected chi connectivity index (χ0v) is 14.3. The van der Waals surface area contributed by atoms with Crippen molar-refractivity contribution < 1.29 is 0 Å². The molecule has 0 saturated heterocycles. The summed E-state index contributed by atoms with van der Waals surface area (Å²) in [5, 5.41) is 0. The third-order valence-electron chi connectivity index (χ3n) is 1.59. The van der Waals surface area contributed by atoms with E-state index < -0.39 is 4.56 Å². The number of rotatable bonds is 5. The Morgan fingerprint density at radius 1 is 1.00 bits per heavy atom. The second-order valence-corrected chi connectivity index (χ2v) is 21.6. The molecule has 0 amide bonds. The summed E-state index contributed by atoms with van der Waals surface area (Å²) in [6.45, 7) is 11.7. The molecular formula is C9H21I2NS. The lowest BCUT2D eigenvalue weighted by molar-refractivity contribution is 0.364. The van der Waals surface area contributed by atoms with Gasteiger partial charge in [0.15, 0.2) is 0 Å². The molecule has 0 fully saturated rings. The largest absolute Gasteiger partial charge is 0.251 e. The quantitative estimate of drug-likeness (QED) is 0.576. The SMILES string of the molecule is CC(C)CN(CC(C)C)S(C)(I)I. The van der Waals surface area contributed by atoms with Gasteiger partial charge in [0, 0.05) is 13.1 Å². The van der Waals surface area contributed by atoms with Crippen LogP contribution in [0.5, 0.6) is 0 Å². The van der Waals surface area contributed by atoms with Gasteiger partial charge in [-0.3, -0.25) is 4.31 Å². The fourth-order valence-electron chi connectivity index (χ4n) is 1.15. The number of hydrogen-bond acceptors (Lipinski definition) is 1. The normalized spacial score (nSPS) is 14.6. The van der Waals surface area contributed by atoms with Gasteiger partial charge in [-0.2, -0.15) is 0 Å². The van der Waals surface area contributed by atoms with E-state index in [2.05, 4.69) is 80.7 Å². The van der Waals surface area contributed by atoms with Crippen molar-refractivity contribution in [1.82, 2.24) is 4.31 Å². The number of nitrogens with zero attached hydrogens (tertiary/aromatic N) is 1. The second kappa shape index (κ2) is 6.37. The standard InChI is InChI=1S/C9H21I2NS/c1-8(2)6-12(7-9(3)4)13(5,10)11/h8-9H,6-7H2,1-5H3. The van der Waals surface area contributed by atoms with Gasteiger partial charge in [0.05, 0.1) is 0 Å². The first-order valence-electron chi connectivity index (χ1n) is 4.66. The molecule has 0 aromatic rings. The van der Waals surface area contributed by atoms with Crippen molar-refractivity contribution in [3.05, 3.63) is 0 Å². The Morgan fingerprint density at radius 2 is 1.31 bits per heavy atom. The Kier molecular flexibility index (Phi) is 7.24. The van der Waals surface area contributed by atoms with E-state index >= 15 is 0 Å². The highest BCUT2D eigenvalue weighted by Gasteiger charge is 2.21. The molecule has 13 heavy (non-hydrogen) atoms. The Labute approximate surface area is 109 Å². The molecule has 0 aromatic heterocycles. The molecule has 0 aliphatic rings. The van der Waals surface area contributed by atoms with Gasteiger partial charge in [0.2, 0.25) is 0 Å². The minimum atomic E-state index is -0.582. The van der Waals surface area contributed by atoms with E-state index in [0.717, 1.165) is 11.8 Å². The first kappa shape index (κ1) is 14.8. The van der Waals surface area contributed by atoms with Crippen LogP contribution in [0.3, 0.4) is 0 Å². The smallest absolute Gasteiger partial charge is 0.0111 e. The summed E-state index contributed by atoms with van der Waals surface area (Å²) in [6, 6.07) is 0. The summed E-state index contributed by atoms with van der Waals surface area (Å²) in [5.41, 5.74) is 0. The van der Waals surface area contributed by atoms with Crippen molar-refractivity contribution in [3.8, 4) is 0 Å². The molecule has 0 rings (SSSR count). The molecule has 0 spiro atoms. The van der Waals surface area contributed by atoms with E-state index in [1.165, 1.54) is 13.1 Å². The van der Waals surface area contributed by atoms with Crippen molar-refractivity contribution in [1.29, 1.82) is 0 Å². The van der Waals surface area contributed by atoms with E-state index in [1.807, 2.05) is 0 Å². The van der Waals surface area contributed by atoms with E-state index in [0.29, 0.717) is 0 Å². The van der Waals surface area contributed by atoms with E-state index in [1.54, 1.807) is 0 Å². The predicted molar refractivity (Wildman–Crippen MR) is 82.8 cm³/mol. The summed E-state index contributed by atoms with van der Waals surface area (Å²) in [6.07, 6.45) is 2.36. The van der Waals surface area contributed by atoms with Crippen LogP contribution in [0, 0.1) is 11.8 Å². The van der Waals surface area contributed by atoms with Crippen LogP contribution in [0.1, 0.15) is 27.7 Å². The molecule has 0 radical (unpaired) electrons. The summed E-state index contributed by atoms with van der Waals surface area (Å²) in [5.74, 6) is 1.55. The third kappa shape index (κ3) is 7.67. The van der Waals surface area contributed by atoms with Crippen LogP contribution < -0.4 is 0 Å². The maximum absolute atomic E-state index is 2.64. The molecule has 0 bridgehead atoms. The molecule has 0 saturated carbocycles. The van der Waals surface area contributed by atoms with Crippen LogP contribution in [-0.4, -0.2) is 23.7 Å². The highest BCUT2D eigenvalue weighted by Crippen LogP contribution is 2.63. The second-order valence-electron chi connectivity index (χ2n) is 4.32. The van der Waals surface area contributed by atoms with Crippen LogP contribution in [0.2, 0.25) is 0 Å². The Balaban J connectivity index is 4.20. The van der Waals surface area contributed by atoms with Crippen LogP contribution >= 0.6 is 47.0 Å². The van der Waals surface area contributed by atoms with Gasteiger partial charge in [-0.25, -0.2) is 0 Å². The van der Waals surface area contributed by atoms with Crippen LogP contribution in [0.25, 0.3) is 0 Å². The van der Waals surface area contributed by atoms with Crippen LogP contribution in [0.15, 0.2) is 0 Å². The lowest BCUT2D eigenvalue weighted by atomic mass is 10.2. The third-order valence-corrected chi connectivity index (χ3v) is 6.14. The number of hydrogen-bond donors (Lipinski definition) is 0. The van der Waals surface area contributed by atoms with E-state index in [-0.39, 0.29) is 0 Å². The predicted octanol–water partition coefficient (Wildman–Crippen LogP) is 4.65. The molecule has 0 aromatic carbocycles. The topological polar surface area (TPSA) is 3.24 Å². The summed E-state index contributed by atoms with van der Waals surface area (Å²) in [7, 11) is 0.